The summed E-state index contributed by atoms with van der Waals surface area (Å²) in [6.07, 6.45) is -0.598. The minimum atomic E-state index is -1.31. The minimum Gasteiger partial charge on any atom is -0.481 e. The van der Waals surface area contributed by atoms with Crippen LogP contribution < -0.4 is 27.2 Å². The van der Waals surface area contributed by atoms with E-state index in [4.69, 9.17) is 15.9 Å². The van der Waals surface area contributed by atoms with Crippen molar-refractivity contribution in [3.8, 4) is 0 Å². The van der Waals surface area contributed by atoms with Gasteiger partial charge in [0, 0.05) is 17.7 Å². The number of carbonyl (C=O) groups excluding carboxylic acids is 1. The molecule has 0 spiro atoms. The largest absolute Gasteiger partial charge is 0.481 e. The first-order valence-corrected chi connectivity index (χ1v) is 9.52. The van der Waals surface area contributed by atoms with Crippen LogP contribution in [-0.2, 0) is 9.59 Å². The molecule has 2 aromatic rings. The molecule has 1 amide bonds. The van der Waals surface area contributed by atoms with Crippen LogP contribution >= 0.6 is 0 Å². The van der Waals surface area contributed by atoms with Crippen LogP contribution in [0.25, 0.3) is 0 Å². The quantitative estimate of drug-likeness (QED) is 0.215. The van der Waals surface area contributed by atoms with Gasteiger partial charge in [-0.25, -0.2) is 9.79 Å². The molecule has 0 saturated carbocycles. The van der Waals surface area contributed by atoms with Gasteiger partial charge in [0.2, 0.25) is 5.95 Å². The zero-order valence-electron chi connectivity index (χ0n) is 17.7. The van der Waals surface area contributed by atoms with E-state index in [0.29, 0.717) is 30.3 Å². The van der Waals surface area contributed by atoms with Crippen molar-refractivity contribution in [1.29, 1.82) is 0 Å². The number of rotatable bonds is 9. The van der Waals surface area contributed by atoms with E-state index >= 15 is 0 Å². The van der Waals surface area contributed by atoms with Gasteiger partial charge in [-0.2, -0.15) is 4.98 Å². The molecule has 0 bridgehead atoms. The summed E-state index contributed by atoms with van der Waals surface area (Å²) in [5.74, 6) is -2.77. The third kappa shape index (κ3) is 7.01. The van der Waals surface area contributed by atoms with E-state index in [1.54, 1.807) is 12.1 Å². The lowest BCUT2D eigenvalue weighted by Gasteiger charge is -2.17. The normalized spacial score (nSPS) is 12.4. The van der Waals surface area contributed by atoms with Gasteiger partial charge in [0.25, 0.3) is 11.5 Å². The number of H-pyrrole nitrogens is 1. The number of carbonyl (C=O) groups is 3. The van der Waals surface area contributed by atoms with Crippen LogP contribution in [0.5, 0.6) is 0 Å². The molecule has 2 heterocycles. The smallest absolute Gasteiger partial charge is 0.326 e. The fourth-order valence-corrected chi connectivity index (χ4v) is 2.91. The first-order valence-electron chi connectivity index (χ1n) is 9.52. The van der Waals surface area contributed by atoms with E-state index in [9.17, 15) is 19.2 Å². The van der Waals surface area contributed by atoms with Crippen LogP contribution in [-0.4, -0.2) is 73.8 Å². The van der Waals surface area contributed by atoms with E-state index in [1.165, 1.54) is 12.1 Å². The van der Waals surface area contributed by atoms with Gasteiger partial charge in [-0.1, -0.05) is 0 Å². The predicted octanol–water partition coefficient (Wildman–Crippen LogP) is -1.64. The molecule has 184 valence electrons. The van der Waals surface area contributed by atoms with Gasteiger partial charge in [0.15, 0.2) is 11.5 Å². The van der Waals surface area contributed by atoms with Gasteiger partial charge in [0.05, 0.1) is 18.8 Å². The van der Waals surface area contributed by atoms with Crippen LogP contribution in [0.15, 0.2) is 34.1 Å². The fraction of sp³-hybridized carbons (Fsp3) is 0.263. The number of nitrogens with two attached hydrogens (primary N) is 1. The first kappa shape index (κ1) is 27.5. The average Bonchev–Trinajstić information content (AvgIpc) is 2.75. The Morgan fingerprint density at radius 3 is 2.44 bits per heavy atom. The molecular formula is C19H25N7O8. The Morgan fingerprint density at radius 2 is 1.82 bits per heavy atom. The number of aromatic nitrogens is 2. The number of aromatic amines is 1. The second-order valence-electron chi connectivity index (χ2n) is 6.91. The molecule has 0 saturated heterocycles. The Bertz CT molecular complexity index is 1130. The van der Waals surface area contributed by atoms with Gasteiger partial charge < -0.3 is 42.8 Å². The summed E-state index contributed by atoms with van der Waals surface area (Å²) >= 11 is 0. The number of amides is 1. The lowest BCUT2D eigenvalue weighted by molar-refractivity contribution is -0.140. The molecule has 1 aliphatic heterocycles. The van der Waals surface area contributed by atoms with E-state index in [0.717, 1.165) is 0 Å². The number of nitrogens with zero attached hydrogens (tertiary/aromatic N) is 2. The lowest BCUT2D eigenvalue weighted by atomic mass is 10.1. The molecule has 0 unspecified atom stereocenters. The van der Waals surface area contributed by atoms with Crippen molar-refractivity contribution in [2.75, 3.05) is 29.5 Å². The number of aliphatic carboxylic acids is 2. The average molecular weight is 479 g/mol. The second-order valence-corrected chi connectivity index (χ2v) is 6.91. The van der Waals surface area contributed by atoms with Crippen LogP contribution in [0.4, 0.5) is 23.1 Å². The maximum absolute atomic E-state index is 12.3. The van der Waals surface area contributed by atoms with E-state index < -0.39 is 29.4 Å². The van der Waals surface area contributed by atoms with Crippen molar-refractivity contribution < 1.29 is 35.5 Å². The SMILES string of the molecule is Nc1nc2c(c(=O)[nH]1)N=C(CNc1ccc(C(=O)N[C@@H](CCC(=O)O)C(=O)O)cc1)CN2.O.O. The molecule has 1 aliphatic rings. The number of aliphatic imine (C=N–C) groups is 1. The van der Waals surface area contributed by atoms with Crippen molar-refractivity contribution in [3.05, 3.63) is 40.2 Å². The molecule has 15 heteroatoms. The number of carboxylic acids is 2. The van der Waals surface area contributed by atoms with Gasteiger partial charge >= 0.3 is 11.9 Å². The highest BCUT2D eigenvalue weighted by Gasteiger charge is 2.21. The standard InChI is InChI=1S/C19H21N7O6.2H2O/c20-19-25-15-14(17(30)26-19)23-11(8-22-15)7-21-10-3-1-9(2-4-10)16(29)24-12(18(31)32)5-6-13(27)28;;/h1-4,12,21H,5-8H2,(H,24,29)(H,27,28)(H,31,32)(H4,20,22,25,26,30);2*1H2/t12-;;/m0../s1. The summed E-state index contributed by atoms with van der Waals surface area (Å²) in [4.78, 5) is 56.7. The zero-order chi connectivity index (χ0) is 23.3. The molecular weight excluding hydrogens is 454 g/mol. The number of hydrogen-bond donors (Lipinski definition) is 7. The highest BCUT2D eigenvalue weighted by Crippen LogP contribution is 2.21. The van der Waals surface area contributed by atoms with Gasteiger partial charge in [-0.05, 0) is 30.7 Å². The fourth-order valence-electron chi connectivity index (χ4n) is 2.91. The molecule has 34 heavy (non-hydrogen) atoms. The Balaban J connectivity index is 0.00000289. The zero-order valence-corrected chi connectivity index (χ0v) is 17.7. The molecule has 0 fully saturated rings. The molecule has 15 nitrogen and oxygen atoms in total. The predicted molar refractivity (Wildman–Crippen MR) is 123 cm³/mol. The molecule has 12 N–H and O–H groups in total. The summed E-state index contributed by atoms with van der Waals surface area (Å²) in [6.45, 7) is 0.682. The highest BCUT2D eigenvalue weighted by molar-refractivity contribution is 5.98. The van der Waals surface area contributed by atoms with Crippen molar-refractivity contribution in [2.45, 2.75) is 18.9 Å². The van der Waals surface area contributed by atoms with E-state index in [-0.39, 0.29) is 41.0 Å². The maximum atomic E-state index is 12.3. The van der Waals surface area contributed by atoms with Crippen molar-refractivity contribution >= 4 is 46.7 Å². The Labute approximate surface area is 191 Å². The molecule has 1 atom stereocenters. The van der Waals surface area contributed by atoms with Crippen LogP contribution in [0.1, 0.15) is 23.2 Å². The van der Waals surface area contributed by atoms with E-state index in [1.807, 2.05) is 0 Å². The first-order chi connectivity index (χ1) is 15.2. The number of nitrogen functional groups attached to an aromatic ring is 1. The number of anilines is 3. The number of benzene rings is 1. The van der Waals surface area contributed by atoms with E-state index in [2.05, 4.69) is 30.9 Å². The number of hydrogen-bond acceptors (Lipinski definition) is 9. The lowest BCUT2D eigenvalue weighted by Crippen LogP contribution is -2.41. The topological polar surface area (TPSA) is 275 Å². The van der Waals surface area contributed by atoms with Crippen molar-refractivity contribution in [3.63, 3.8) is 0 Å². The molecule has 0 radical (unpaired) electrons. The van der Waals surface area contributed by atoms with Crippen LogP contribution in [0, 0.1) is 0 Å². The monoisotopic (exact) mass is 479 g/mol. The summed E-state index contributed by atoms with van der Waals surface area (Å²) < 4.78 is 0. The third-order valence-corrected chi connectivity index (χ3v) is 4.54. The number of nitrogens with one attached hydrogen (secondary N) is 4. The summed E-state index contributed by atoms with van der Waals surface area (Å²) in [6, 6.07) is 4.95. The number of fused-ring (bicyclic) bond motifs is 1. The maximum Gasteiger partial charge on any atom is 0.326 e. The molecule has 1 aromatic carbocycles. The molecule has 3 rings (SSSR count). The highest BCUT2D eigenvalue weighted by atomic mass is 16.4. The van der Waals surface area contributed by atoms with Gasteiger partial charge in [-0.15, -0.1) is 0 Å². The second kappa shape index (κ2) is 11.9. The van der Waals surface area contributed by atoms with Crippen LogP contribution in [0.3, 0.4) is 0 Å². The summed E-state index contributed by atoms with van der Waals surface area (Å²) in [5, 5.41) is 26.2. The summed E-state index contributed by atoms with van der Waals surface area (Å²) in [7, 11) is 0. The van der Waals surface area contributed by atoms with Crippen molar-refractivity contribution in [1.82, 2.24) is 15.3 Å². The Kier molecular flexibility index (Phi) is 9.66. The van der Waals surface area contributed by atoms with Gasteiger partial charge in [-0.3, -0.25) is 19.4 Å². The Morgan fingerprint density at radius 1 is 1.15 bits per heavy atom. The minimum absolute atomic E-state index is 0. The number of carboxylic acid groups (broad SMARTS) is 2. The molecule has 1 aromatic heterocycles. The third-order valence-electron chi connectivity index (χ3n) is 4.54. The van der Waals surface area contributed by atoms with Crippen LogP contribution in [0.2, 0.25) is 0 Å². The van der Waals surface area contributed by atoms with Crippen molar-refractivity contribution in [2.24, 2.45) is 4.99 Å². The summed E-state index contributed by atoms with van der Waals surface area (Å²) in [5.41, 5.74) is 6.74. The Hall–Kier alpha value is -4.50. The molecule has 0 aliphatic carbocycles. The van der Waals surface area contributed by atoms with Gasteiger partial charge in [0.1, 0.15) is 6.04 Å².